The summed E-state index contributed by atoms with van der Waals surface area (Å²) >= 11 is 0. The summed E-state index contributed by atoms with van der Waals surface area (Å²) in [5.74, 6) is 0. The molecule has 1 heteroatoms. The minimum atomic E-state index is 1.19. The molecule has 0 N–H and O–H groups in total. The van der Waals surface area contributed by atoms with E-state index in [9.17, 15) is 0 Å². The maximum absolute atomic E-state index is 4.18. The van der Waals surface area contributed by atoms with E-state index in [2.05, 4.69) is 133 Å². The summed E-state index contributed by atoms with van der Waals surface area (Å²) in [4.78, 5) is 4.18. The van der Waals surface area contributed by atoms with Gasteiger partial charge in [0.1, 0.15) is 0 Å². The molecule has 0 bridgehead atoms. The van der Waals surface area contributed by atoms with Crippen molar-refractivity contribution in [1.82, 2.24) is 4.98 Å². The number of hydrogen-bond donors (Lipinski definition) is 0. The zero-order valence-electron chi connectivity index (χ0n) is 20.6. The average Bonchev–Trinajstić information content (AvgIpc) is 2.96. The predicted octanol–water partition coefficient (Wildman–Crippen LogP) is 9.85. The molecule has 0 saturated carbocycles. The zero-order valence-corrected chi connectivity index (χ0v) is 20.6. The van der Waals surface area contributed by atoms with Crippen LogP contribution in [0.15, 0.2) is 134 Å². The Morgan fingerprint density at radius 1 is 0.432 bits per heavy atom. The summed E-state index contributed by atoms with van der Waals surface area (Å²) in [5, 5.41) is 7.66. The second-order valence-corrected chi connectivity index (χ2v) is 9.67. The van der Waals surface area contributed by atoms with Crippen LogP contribution < -0.4 is 0 Å². The predicted molar refractivity (Wildman–Crippen MR) is 158 cm³/mol. The summed E-state index contributed by atoms with van der Waals surface area (Å²) in [7, 11) is 0. The van der Waals surface area contributed by atoms with Gasteiger partial charge in [-0.1, -0.05) is 103 Å². The van der Waals surface area contributed by atoms with E-state index in [0.29, 0.717) is 0 Å². The Labute approximate surface area is 216 Å². The SMILES string of the molecule is Cc1cc(-c2ccncc2)ccc1-c1c2ccccc2c(-c2ccc3ccccc3c2)c2ccccc12. The molecule has 0 amide bonds. The average molecular weight is 472 g/mol. The Balaban J connectivity index is 1.53. The molecular formula is C36H25N. The fraction of sp³-hybridized carbons (Fsp3) is 0.0278. The second kappa shape index (κ2) is 8.72. The third kappa shape index (κ3) is 3.59. The highest BCUT2D eigenvalue weighted by molar-refractivity contribution is 6.22. The van der Waals surface area contributed by atoms with E-state index in [4.69, 9.17) is 0 Å². The first-order chi connectivity index (χ1) is 18.3. The van der Waals surface area contributed by atoms with Gasteiger partial charge in [0.15, 0.2) is 0 Å². The van der Waals surface area contributed by atoms with Crippen molar-refractivity contribution < 1.29 is 0 Å². The number of pyridine rings is 1. The highest BCUT2D eigenvalue weighted by atomic mass is 14.6. The Kier molecular flexibility index (Phi) is 5.08. The Morgan fingerprint density at radius 2 is 1.00 bits per heavy atom. The zero-order chi connectivity index (χ0) is 24.8. The van der Waals surface area contributed by atoms with Gasteiger partial charge in [0, 0.05) is 12.4 Å². The van der Waals surface area contributed by atoms with E-state index >= 15 is 0 Å². The van der Waals surface area contributed by atoms with Crippen LogP contribution in [0.25, 0.3) is 65.7 Å². The van der Waals surface area contributed by atoms with Gasteiger partial charge in [0.05, 0.1) is 0 Å². The molecule has 0 saturated heterocycles. The van der Waals surface area contributed by atoms with Gasteiger partial charge in [-0.05, 0) is 96.4 Å². The third-order valence-corrected chi connectivity index (χ3v) is 7.48. The maximum Gasteiger partial charge on any atom is 0.0273 e. The number of hydrogen-bond acceptors (Lipinski definition) is 1. The van der Waals surface area contributed by atoms with Crippen molar-refractivity contribution in [2.24, 2.45) is 0 Å². The fourth-order valence-electron chi connectivity index (χ4n) is 5.74. The van der Waals surface area contributed by atoms with Gasteiger partial charge < -0.3 is 0 Å². The summed E-state index contributed by atoms with van der Waals surface area (Å²) in [6.45, 7) is 2.22. The first-order valence-electron chi connectivity index (χ1n) is 12.7. The number of benzene rings is 6. The Bertz CT molecular complexity index is 1880. The van der Waals surface area contributed by atoms with Gasteiger partial charge in [-0.3, -0.25) is 4.98 Å². The fourth-order valence-corrected chi connectivity index (χ4v) is 5.74. The molecule has 6 aromatic carbocycles. The lowest BCUT2D eigenvalue weighted by Gasteiger charge is -2.19. The lowest BCUT2D eigenvalue weighted by Crippen LogP contribution is -1.93. The molecule has 0 aliphatic heterocycles. The van der Waals surface area contributed by atoms with Crippen LogP contribution in [-0.4, -0.2) is 4.98 Å². The molecule has 0 spiro atoms. The molecule has 0 aliphatic rings. The first-order valence-corrected chi connectivity index (χ1v) is 12.7. The van der Waals surface area contributed by atoms with Gasteiger partial charge >= 0.3 is 0 Å². The van der Waals surface area contributed by atoms with Crippen LogP contribution in [-0.2, 0) is 0 Å². The van der Waals surface area contributed by atoms with Crippen molar-refractivity contribution in [3.05, 3.63) is 139 Å². The van der Waals surface area contributed by atoms with Crippen molar-refractivity contribution in [1.29, 1.82) is 0 Å². The van der Waals surface area contributed by atoms with Crippen molar-refractivity contribution >= 4 is 32.3 Å². The molecule has 0 fully saturated rings. The number of aryl methyl sites for hydroxylation is 1. The Morgan fingerprint density at radius 3 is 1.65 bits per heavy atom. The van der Waals surface area contributed by atoms with E-state index in [-0.39, 0.29) is 0 Å². The normalized spacial score (nSPS) is 11.4. The molecule has 7 rings (SSSR count). The van der Waals surface area contributed by atoms with Gasteiger partial charge in [-0.25, -0.2) is 0 Å². The van der Waals surface area contributed by atoms with Crippen LogP contribution in [0.2, 0.25) is 0 Å². The molecule has 37 heavy (non-hydrogen) atoms. The van der Waals surface area contributed by atoms with Crippen molar-refractivity contribution in [3.8, 4) is 33.4 Å². The largest absolute Gasteiger partial charge is 0.265 e. The second-order valence-electron chi connectivity index (χ2n) is 9.67. The summed E-state index contributed by atoms with van der Waals surface area (Å²) in [6.07, 6.45) is 3.70. The van der Waals surface area contributed by atoms with Crippen LogP contribution in [0.4, 0.5) is 0 Å². The van der Waals surface area contributed by atoms with Crippen LogP contribution in [0.3, 0.4) is 0 Å². The highest BCUT2D eigenvalue weighted by Gasteiger charge is 2.18. The highest BCUT2D eigenvalue weighted by Crippen LogP contribution is 2.45. The molecule has 1 heterocycles. The topological polar surface area (TPSA) is 12.9 Å². The van der Waals surface area contributed by atoms with E-state index < -0.39 is 0 Å². The van der Waals surface area contributed by atoms with Crippen molar-refractivity contribution in [2.45, 2.75) is 6.92 Å². The molecule has 0 unspecified atom stereocenters. The molecule has 1 aromatic heterocycles. The number of nitrogens with zero attached hydrogens (tertiary/aromatic N) is 1. The van der Waals surface area contributed by atoms with Crippen LogP contribution in [0, 0.1) is 6.92 Å². The molecule has 174 valence electrons. The van der Waals surface area contributed by atoms with E-state index in [1.807, 2.05) is 12.4 Å². The lowest BCUT2D eigenvalue weighted by atomic mass is 9.84. The molecule has 0 atom stereocenters. The summed E-state index contributed by atoms with van der Waals surface area (Å²) in [6, 6.07) is 44.1. The van der Waals surface area contributed by atoms with E-state index in [0.717, 1.165) is 0 Å². The van der Waals surface area contributed by atoms with E-state index in [1.54, 1.807) is 0 Å². The Hall–Kier alpha value is -4.75. The third-order valence-electron chi connectivity index (χ3n) is 7.48. The molecule has 0 radical (unpaired) electrons. The van der Waals surface area contributed by atoms with Crippen LogP contribution in [0.1, 0.15) is 5.56 Å². The van der Waals surface area contributed by atoms with Gasteiger partial charge in [-0.2, -0.15) is 0 Å². The first kappa shape index (κ1) is 21.5. The molecule has 0 aliphatic carbocycles. The maximum atomic E-state index is 4.18. The van der Waals surface area contributed by atoms with Crippen molar-refractivity contribution in [2.75, 3.05) is 0 Å². The standard InChI is InChI=1S/C36H25N/c1-24-22-28(26-18-20-37-21-19-26)16-17-30(24)36-33-12-6-4-10-31(33)35(32-11-5-7-13-34(32)36)29-15-14-25-8-2-3-9-27(25)23-29/h2-23H,1H3. The lowest BCUT2D eigenvalue weighted by molar-refractivity contribution is 1.33. The number of rotatable bonds is 3. The van der Waals surface area contributed by atoms with Gasteiger partial charge in [0.25, 0.3) is 0 Å². The van der Waals surface area contributed by atoms with Gasteiger partial charge in [0.2, 0.25) is 0 Å². The van der Waals surface area contributed by atoms with Crippen molar-refractivity contribution in [3.63, 3.8) is 0 Å². The minimum Gasteiger partial charge on any atom is -0.265 e. The number of fused-ring (bicyclic) bond motifs is 3. The quantitative estimate of drug-likeness (QED) is 0.234. The van der Waals surface area contributed by atoms with Crippen LogP contribution in [0.5, 0.6) is 0 Å². The molecule has 1 nitrogen and oxygen atoms in total. The smallest absolute Gasteiger partial charge is 0.0273 e. The monoisotopic (exact) mass is 471 g/mol. The molecular weight excluding hydrogens is 446 g/mol. The summed E-state index contributed by atoms with van der Waals surface area (Å²) in [5.41, 5.74) is 8.79. The van der Waals surface area contributed by atoms with Crippen LogP contribution >= 0.6 is 0 Å². The number of aromatic nitrogens is 1. The van der Waals surface area contributed by atoms with Gasteiger partial charge in [-0.15, -0.1) is 0 Å². The summed E-state index contributed by atoms with van der Waals surface area (Å²) < 4.78 is 0. The molecule has 7 aromatic rings. The minimum absolute atomic E-state index is 1.19. The van der Waals surface area contributed by atoms with E-state index in [1.165, 1.54) is 71.3 Å².